The number of ether oxygens (including phenoxy) is 3. The highest BCUT2D eigenvalue weighted by Crippen LogP contribution is 2.18. The summed E-state index contributed by atoms with van der Waals surface area (Å²) in [5.41, 5.74) is 2.31. The van der Waals surface area contributed by atoms with Gasteiger partial charge in [0.05, 0.1) is 17.2 Å². The van der Waals surface area contributed by atoms with Crippen LogP contribution in [-0.2, 0) is 9.53 Å². The molecule has 0 aliphatic carbocycles. The van der Waals surface area contributed by atoms with Gasteiger partial charge < -0.3 is 14.2 Å². The number of benzene rings is 3. The van der Waals surface area contributed by atoms with Crippen LogP contribution in [0.5, 0.6) is 11.5 Å². The van der Waals surface area contributed by atoms with E-state index in [4.69, 9.17) is 14.2 Å². The van der Waals surface area contributed by atoms with Crippen LogP contribution in [0.2, 0.25) is 0 Å². The zero-order valence-corrected chi connectivity index (χ0v) is 26.2. The minimum atomic E-state index is -0.508. The summed E-state index contributed by atoms with van der Waals surface area (Å²) in [6.07, 6.45) is 11.1. The maximum Gasteiger partial charge on any atom is 0.343 e. The summed E-state index contributed by atoms with van der Waals surface area (Å²) in [6, 6.07) is 20.3. The monoisotopic (exact) mass is 596 g/mol. The van der Waals surface area contributed by atoms with E-state index in [-0.39, 0.29) is 18.0 Å². The van der Waals surface area contributed by atoms with Crippen LogP contribution < -0.4 is 9.47 Å². The molecule has 0 aromatic heterocycles. The van der Waals surface area contributed by atoms with Crippen molar-refractivity contribution in [2.24, 2.45) is 0 Å². The van der Waals surface area contributed by atoms with E-state index in [2.05, 4.69) is 25.7 Å². The Hall–Kier alpha value is -4.37. The maximum atomic E-state index is 12.6. The van der Waals surface area contributed by atoms with E-state index in [9.17, 15) is 14.4 Å². The summed E-state index contributed by atoms with van der Waals surface area (Å²) in [5, 5.41) is 0. The van der Waals surface area contributed by atoms with E-state index >= 15 is 0 Å². The lowest BCUT2D eigenvalue weighted by molar-refractivity contribution is -0.134. The Morgan fingerprint density at radius 3 is 1.68 bits per heavy atom. The van der Waals surface area contributed by atoms with Gasteiger partial charge in [0.1, 0.15) is 11.5 Å². The van der Waals surface area contributed by atoms with Gasteiger partial charge in [0.2, 0.25) is 0 Å². The molecule has 0 unspecified atom stereocenters. The molecule has 6 nitrogen and oxygen atoms in total. The summed E-state index contributed by atoms with van der Waals surface area (Å²) in [6.45, 7) is 6.24. The number of carbonyl (C=O) groups is 3. The minimum Gasteiger partial charge on any atom is -0.459 e. The summed E-state index contributed by atoms with van der Waals surface area (Å²) >= 11 is 0. The highest BCUT2D eigenvalue weighted by Gasteiger charge is 2.14. The predicted molar refractivity (Wildman–Crippen MR) is 173 cm³/mol. The third kappa shape index (κ3) is 12.5. The highest BCUT2D eigenvalue weighted by molar-refractivity contribution is 5.92. The van der Waals surface area contributed by atoms with Crippen LogP contribution in [0.4, 0.5) is 0 Å². The van der Waals surface area contributed by atoms with E-state index in [1.165, 1.54) is 25.7 Å². The number of unbranched alkanes of at least 4 members (excludes halogenated alkanes) is 7. The zero-order valence-electron chi connectivity index (χ0n) is 26.2. The number of hydrogen-bond acceptors (Lipinski definition) is 6. The summed E-state index contributed by atoms with van der Waals surface area (Å²) in [5.74, 6) is 5.90. The highest BCUT2D eigenvalue weighted by atomic mass is 16.5. The smallest absolute Gasteiger partial charge is 0.343 e. The van der Waals surface area contributed by atoms with E-state index in [0.29, 0.717) is 29.0 Å². The van der Waals surface area contributed by atoms with Crippen molar-refractivity contribution in [1.29, 1.82) is 0 Å². The summed E-state index contributed by atoms with van der Waals surface area (Å²) in [7, 11) is 0. The molecule has 0 bridgehead atoms. The van der Waals surface area contributed by atoms with Gasteiger partial charge in [0.15, 0.2) is 0 Å². The van der Waals surface area contributed by atoms with Crippen molar-refractivity contribution in [3.8, 4) is 23.3 Å². The Bertz CT molecular complexity index is 1380. The molecule has 3 aromatic rings. The van der Waals surface area contributed by atoms with E-state index in [1.54, 1.807) is 60.7 Å². The zero-order chi connectivity index (χ0) is 31.6. The Morgan fingerprint density at radius 2 is 1.07 bits per heavy atom. The van der Waals surface area contributed by atoms with Gasteiger partial charge in [-0.15, -0.1) is 0 Å². The van der Waals surface area contributed by atoms with Crippen LogP contribution in [0.3, 0.4) is 0 Å². The average Bonchev–Trinajstić information content (AvgIpc) is 3.03. The molecule has 0 saturated carbocycles. The fourth-order valence-corrected chi connectivity index (χ4v) is 4.49. The third-order valence-electron chi connectivity index (χ3n) is 7.12. The van der Waals surface area contributed by atoms with Crippen molar-refractivity contribution in [3.05, 3.63) is 95.1 Å². The fraction of sp³-hybridized carbons (Fsp3) is 0.395. The minimum absolute atomic E-state index is 0.142. The first kappa shape index (κ1) is 34.1. The first-order chi connectivity index (χ1) is 21.4. The first-order valence-corrected chi connectivity index (χ1v) is 15.8. The van der Waals surface area contributed by atoms with Crippen LogP contribution in [0, 0.1) is 11.8 Å². The van der Waals surface area contributed by atoms with Crippen LogP contribution in [0.1, 0.15) is 123 Å². The number of hydrogen-bond donors (Lipinski definition) is 0. The van der Waals surface area contributed by atoms with Crippen LogP contribution in [0.25, 0.3) is 0 Å². The average molecular weight is 597 g/mol. The van der Waals surface area contributed by atoms with Crippen molar-refractivity contribution in [2.75, 3.05) is 0 Å². The molecular weight excluding hydrogens is 552 g/mol. The third-order valence-corrected chi connectivity index (χ3v) is 7.12. The van der Waals surface area contributed by atoms with Gasteiger partial charge >= 0.3 is 17.9 Å². The predicted octanol–water partition coefficient (Wildman–Crippen LogP) is 9.09. The van der Waals surface area contributed by atoms with Crippen molar-refractivity contribution < 1.29 is 28.6 Å². The molecule has 3 rings (SSSR count). The largest absolute Gasteiger partial charge is 0.459 e. The lowest BCUT2D eigenvalue weighted by atomic mass is 10.1. The fourth-order valence-electron chi connectivity index (χ4n) is 4.49. The molecule has 0 radical (unpaired) electrons. The van der Waals surface area contributed by atoms with Gasteiger partial charge in [0.25, 0.3) is 0 Å². The molecule has 0 aliphatic rings. The molecular formula is C38H44O6. The summed E-state index contributed by atoms with van der Waals surface area (Å²) in [4.78, 5) is 37.1. The Balaban J connectivity index is 1.45. The van der Waals surface area contributed by atoms with Gasteiger partial charge in [-0.1, -0.05) is 70.6 Å². The first-order valence-electron chi connectivity index (χ1n) is 15.8. The molecule has 0 saturated heterocycles. The molecule has 6 heteroatoms. The van der Waals surface area contributed by atoms with E-state index < -0.39 is 5.97 Å². The van der Waals surface area contributed by atoms with Crippen molar-refractivity contribution in [1.82, 2.24) is 0 Å². The normalized spacial score (nSPS) is 11.2. The van der Waals surface area contributed by atoms with Gasteiger partial charge in [-0.25, -0.2) is 9.59 Å². The molecule has 0 fully saturated rings. The molecule has 44 heavy (non-hydrogen) atoms. The van der Waals surface area contributed by atoms with Gasteiger partial charge in [-0.2, -0.15) is 0 Å². The van der Waals surface area contributed by atoms with Crippen LogP contribution in [0.15, 0.2) is 72.8 Å². The second-order valence-electron chi connectivity index (χ2n) is 11.0. The molecule has 0 N–H and O–H groups in total. The number of carbonyl (C=O) groups excluding carboxylic acids is 3. The van der Waals surface area contributed by atoms with Crippen molar-refractivity contribution in [3.63, 3.8) is 0 Å². The molecule has 0 heterocycles. The van der Waals surface area contributed by atoms with Gasteiger partial charge in [0, 0.05) is 17.5 Å². The van der Waals surface area contributed by atoms with Gasteiger partial charge in [-0.05, 0) is 99.0 Å². The molecule has 3 aromatic carbocycles. The molecule has 1 atom stereocenters. The number of rotatable bonds is 16. The number of esters is 3. The molecule has 0 spiro atoms. The topological polar surface area (TPSA) is 78.9 Å². The molecule has 232 valence electrons. The second-order valence-corrected chi connectivity index (χ2v) is 11.0. The van der Waals surface area contributed by atoms with Crippen molar-refractivity contribution in [2.45, 2.75) is 97.5 Å². The maximum absolute atomic E-state index is 12.6. The van der Waals surface area contributed by atoms with Crippen LogP contribution in [-0.4, -0.2) is 24.0 Å². The lowest BCUT2D eigenvalue weighted by Gasteiger charge is -2.13. The Kier molecular flexibility index (Phi) is 14.7. The van der Waals surface area contributed by atoms with E-state index in [0.717, 1.165) is 49.7 Å². The van der Waals surface area contributed by atoms with Crippen LogP contribution >= 0.6 is 0 Å². The van der Waals surface area contributed by atoms with Crippen molar-refractivity contribution >= 4 is 17.9 Å². The SMILES string of the molecule is CCCCCCCC(=O)Oc1ccc(C#Cc2ccc(C(=O)Oc3ccc(C(=O)O[C@@H](C)CCCCCC)cc3)cc2)cc1. The Labute approximate surface area is 262 Å². The molecule has 0 amide bonds. The quantitative estimate of drug-likeness (QED) is 0.0710. The van der Waals surface area contributed by atoms with Gasteiger partial charge in [-0.3, -0.25) is 4.79 Å². The standard InChI is InChI=1S/C38H44O6/c1-4-6-8-10-12-14-36(39)43-34-25-19-31(20-26-34)16-15-30-17-21-32(22-18-30)38(41)44-35-27-23-33(24-28-35)37(40)42-29(3)13-11-9-7-5-2/h17-29H,4-14H2,1-3H3/t29-/m0/s1. The summed E-state index contributed by atoms with van der Waals surface area (Å²) < 4.78 is 16.4. The lowest BCUT2D eigenvalue weighted by Crippen LogP contribution is -2.15. The van der Waals surface area contributed by atoms with E-state index in [1.807, 2.05) is 19.1 Å². The molecule has 0 aliphatic heterocycles. The Morgan fingerprint density at radius 1 is 0.591 bits per heavy atom. The second kappa shape index (κ2) is 19.0.